The number of likely N-dealkylation sites (tertiary alicyclic amines) is 1. The van der Waals surface area contributed by atoms with Gasteiger partial charge in [-0.2, -0.15) is 5.26 Å². The molecule has 0 unspecified atom stereocenters. The fraction of sp³-hybridized carbons (Fsp3) is 0.538. The molecule has 34 heavy (non-hydrogen) atoms. The Morgan fingerprint density at radius 1 is 1.29 bits per heavy atom. The van der Waals surface area contributed by atoms with Crippen LogP contribution >= 0.6 is 0 Å². The molecular formula is C26H35N5O3. The molecule has 0 aliphatic carbocycles. The van der Waals surface area contributed by atoms with Gasteiger partial charge < -0.3 is 20.1 Å². The summed E-state index contributed by atoms with van der Waals surface area (Å²) in [6.45, 7) is 11.6. The second-order valence-electron chi connectivity index (χ2n) is 9.79. The summed E-state index contributed by atoms with van der Waals surface area (Å²) in [5, 5.41) is 9.35. The standard InChI is InChI=1S/C26H35N5O3/c1-6-19-14-21(30-22(15-27)23(19)28)20-13-17(2)24(29-16-20)33-12-9-18-7-10-31(11-8-18)25(32)34-26(3,4)5/h13-14,16,18H,6-12,28H2,1-5H3. The van der Waals surface area contributed by atoms with E-state index in [2.05, 4.69) is 16.0 Å². The van der Waals surface area contributed by atoms with Crippen molar-refractivity contribution < 1.29 is 14.3 Å². The lowest BCUT2D eigenvalue weighted by molar-refractivity contribution is 0.0177. The lowest BCUT2D eigenvalue weighted by Crippen LogP contribution is -2.41. The fourth-order valence-electron chi connectivity index (χ4n) is 4.04. The average molecular weight is 466 g/mol. The topological polar surface area (TPSA) is 114 Å². The number of carbonyl (C=O) groups is 1. The van der Waals surface area contributed by atoms with Crippen LogP contribution in [0.25, 0.3) is 11.3 Å². The summed E-state index contributed by atoms with van der Waals surface area (Å²) in [6.07, 6.45) is 5.01. The van der Waals surface area contributed by atoms with Crippen LogP contribution in [0.4, 0.5) is 10.5 Å². The smallest absolute Gasteiger partial charge is 0.410 e. The summed E-state index contributed by atoms with van der Waals surface area (Å²) in [7, 11) is 0. The van der Waals surface area contributed by atoms with Crippen LogP contribution in [-0.4, -0.2) is 46.3 Å². The van der Waals surface area contributed by atoms with Crippen LogP contribution in [0.15, 0.2) is 18.3 Å². The molecule has 1 saturated heterocycles. The van der Waals surface area contributed by atoms with Gasteiger partial charge in [0.05, 0.1) is 18.0 Å². The Kier molecular flexibility index (Phi) is 7.98. The SMILES string of the molecule is CCc1cc(-c2cnc(OCCC3CCN(C(=O)OC(C)(C)C)CC3)c(C)c2)nc(C#N)c1N. The van der Waals surface area contributed by atoms with Crippen molar-refractivity contribution in [2.24, 2.45) is 5.92 Å². The van der Waals surface area contributed by atoms with Crippen LogP contribution in [-0.2, 0) is 11.2 Å². The van der Waals surface area contributed by atoms with E-state index in [1.807, 2.05) is 46.8 Å². The third-order valence-corrected chi connectivity index (χ3v) is 5.99. The first-order valence-electron chi connectivity index (χ1n) is 11.9. The van der Waals surface area contributed by atoms with Gasteiger partial charge in [-0.25, -0.2) is 14.8 Å². The highest BCUT2D eigenvalue weighted by atomic mass is 16.6. The van der Waals surface area contributed by atoms with Gasteiger partial charge in [0.1, 0.15) is 11.7 Å². The minimum atomic E-state index is -0.470. The Labute approximate surface area is 202 Å². The molecular weight excluding hydrogens is 430 g/mol. The summed E-state index contributed by atoms with van der Waals surface area (Å²) in [5.41, 5.74) is 9.55. The maximum atomic E-state index is 12.2. The zero-order chi connectivity index (χ0) is 24.9. The molecule has 182 valence electrons. The Hall–Kier alpha value is -3.34. The average Bonchev–Trinajstić information content (AvgIpc) is 2.79. The van der Waals surface area contributed by atoms with Crippen molar-refractivity contribution in [3.05, 3.63) is 35.2 Å². The number of nitrogens with two attached hydrogens (primary N) is 1. The van der Waals surface area contributed by atoms with E-state index in [9.17, 15) is 10.1 Å². The molecule has 1 amide bonds. The summed E-state index contributed by atoms with van der Waals surface area (Å²) < 4.78 is 11.4. The number of hydrogen-bond acceptors (Lipinski definition) is 7. The summed E-state index contributed by atoms with van der Waals surface area (Å²) in [4.78, 5) is 22.9. The molecule has 3 rings (SSSR count). The number of nitrogens with zero attached hydrogens (tertiary/aromatic N) is 4. The predicted octanol–water partition coefficient (Wildman–Crippen LogP) is 4.88. The molecule has 0 aromatic carbocycles. The van der Waals surface area contributed by atoms with Gasteiger partial charge in [0.15, 0.2) is 5.69 Å². The van der Waals surface area contributed by atoms with Crippen LogP contribution in [0.3, 0.4) is 0 Å². The van der Waals surface area contributed by atoms with Crippen LogP contribution in [0, 0.1) is 24.2 Å². The highest BCUT2D eigenvalue weighted by Gasteiger charge is 2.26. The molecule has 0 spiro atoms. The lowest BCUT2D eigenvalue weighted by Gasteiger charge is -2.33. The number of aryl methyl sites for hydroxylation is 2. The van der Waals surface area contributed by atoms with Gasteiger partial charge in [-0.3, -0.25) is 0 Å². The van der Waals surface area contributed by atoms with E-state index >= 15 is 0 Å². The maximum absolute atomic E-state index is 12.2. The number of anilines is 1. The number of nitrogen functional groups attached to an aromatic ring is 1. The molecule has 1 aliphatic rings. The quantitative estimate of drug-likeness (QED) is 0.646. The number of rotatable bonds is 6. The molecule has 0 bridgehead atoms. The Morgan fingerprint density at radius 2 is 2.00 bits per heavy atom. The van der Waals surface area contributed by atoms with Gasteiger partial charge in [-0.05, 0) is 77.0 Å². The van der Waals surface area contributed by atoms with Crippen molar-refractivity contribution in [1.29, 1.82) is 5.26 Å². The number of hydrogen-bond donors (Lipinski definition) is 1. The first kappa shape index (κ1) is 25.3. The van der Waals surface area contributed by atoms with Crippen molar-refractivity contribution in [2.75, 3.05) is 25.4 Å². The highest BCUT2D eigenvalue weighted by Crippen LogP contribution is 2.28. The van der Waals surface area contributed by atoms with E-state index in [1.165, 1.54) is 0 Å². The van der Waals surface area contributed by atoms with Crippen molar-refractivity contribution in [2.45, 2.75) is 65.9 Å². The number of nitriles is 1. The third kappa shape index (κ3) is 6.37. The number of piperidine rings is 1. The predicted molar refractivity (Wildman–Crippen MR) is 131 cm³/mol. The zero-order valence-electron chi connectivity index (χ0n) is 20.9. The first-order valence-corrected chi connectivity index (χ1v) is 11.9. The minimum absolute atomic E-state index is 0.231. The normalized spacial score (nSPS) is 14.5. The fourth-order valence-corrected chi connectivity index (χ4v) is 4.04. The highest BCUT2D eigenvalue weighted by molar-refractivity contribution is 5.68. The molecule has 3 heterocycles. The molecule has 1 aliphatic heterocycles. The molecule has 2 aromatic heterocycles. The molecule has 1 fully saturated rings. The Morgan fingerprint density at radius 3 is 2.59 bits per heavy atom. The van der Waals surface area contributed by atoms with Gasteiger partial charge in [0.2, 0.25) is 5.88 Å². The maximum Gasteiger partial charge on any atom is 0.410 e. The minimum Gasteiger partial charge on any atom is -0.477 e. The number of carbonyl (C=O) groups excluding carboxylic acids is 1. The largest absolute Gasteiger partial charge is 0.477 e. The van der Waals surface area contributed by atoms with Crippen LogP contribution in [0.1, 0.15) is 63.8 Å². The number of amides is 1. The van der Waals surface area contributed by atoms with Gasteiger partial charge in [-0.15, -0.1) is 0 Å². The van der Waals surface area contributed by atoms with Gasteiger partial charge in [-0.1, -0.05) is 6.92 Å². The van der Waals surface area contributed by atoms with E-state index in [0.29, 0.717) is 42.9 Å². The molecule has 2 aromatic rings. The summed E-state index contributed by atoms with van der Waals surface area (Å²) in [6, 6.07) is 5.96. The Balaban J connectivity index is 1.54. The zero-order valence-corrected chi connectivity index (χ0v) is 20.9. The van der Waals surface area contributed by atoms with Crippen molar-refractivity contribution in [3.63, 3.8) is 0 Å². The monoisotopic (exact) mass is 465 g/mol. The van der Waals surface area contributed by atoms with Crippen LogP contribution < -0.4 is 10.5 Å². The molecule has 2 N–H and O–H groups in total. The second-order valence-corrected chi connectivity index (χ2v) is 9.79. The number of pyridine rings is 2. The summed E-state index contributed by atoms with van der Waals surface area (Å²) >= 11 is 0. The second kappa shape index (κ2) is 10.7. The van der Waals surface area contributed by atoms with Crippen LogP contribution in [0.2, 0.25) is 0 Å². The number of aromatic nitrogens is 2. The molecule has 0 saturated carbocycles. The van der Waals surface area contributed by atoms with Crippen molar-refractivity contribution >= 4 is 11.8 Å². The molecule has 8 heteroatoms. The first-order chi connectivity index (χ1) is 16.1. The van der Waals surface area contributed by atoms with Gasteiger partial charge in [0.25, 0.3) is 0 Å². The third-order valence-electron chi connectivity index (χ3n) is 5.99. The van der Waals surface area contributed by atoms with E-state index in [1.54, 1.807) is 11.1 Å². The van der Waals surface area contributed by atoms with Crippen molar-refractivity contribution in [1.82, 2.24) is 14.9 Å². The molecule has 0 atom stereocenters. The van der Waals surface area contributed by atoms with Crippen LogP contribution in [0.5, 0.6) is 5.88 Å². The Bertz CT molecular complexity index is 1060. The summed E-state index contributed by atoms with van der Waals surface area (Å²) in [5.74, 6) is 1.11. The number of ether oxygens (including phenoxy) is 2. The molecule has 0 radical (unpaired) electrons. The van der Waals surface area contributed by atoms with Gasteiger partial charge >= 0.3 is 6.09 Å². The lowest BCUT2D eigenvalue weighted by atomic mass is 9.94. The van der Waals surface area contributed by atoms with Crippen molar-refractivity contribution in [3.8, 4) is 23.2 Å². The van der Waals surface area contributed by atoms with Gasteiger partial charge in [0, 0.05) is 30.4 Å². The van der Waals surface area contributed by atoms with E-state index in [0.717, 1.165) is 42.4 Å². The van der Waals surface area contributed by atoms with E-state index in [-0.39, 0.29) is 11.8 Å². The van der Waals surface area contributed by atoms with E-state index in [4.69, 9.17) is 15.2 Å². The van der Waals surface area contributed by atoms with E-state index < -0.39 is 5.60 Å². The molecule has 8 nitrogen and oxygen atoms in total.